The third kappa shape index (κ3) is 1.30. The summed E-state index contributed by atoms with van der Waals surface area (Å²) >= 11 is 3.22. The van der Waals surface area contributed by atoms with E-state index in [1.807, 2.05) is 19.1 Å². The molecule has 2 heteroatoms. The lowest BCUT2D eigenvalue weighted by Crippen LogP contribution is -1.74. The summed E-state index contributed by atoms with van der Waals surface area (Å²) in [6, 6.07) is 3.78. The minimum Gasteiger partial charge on any atom is -0.239 e. The Balaban J connectivity index is 3.08. The van der Waals surface area contributed by atoms with Crippen molar-refractivity contribution in [3.05, 3.63) is 28.5 Å². The minimum absolute atomic E-state index is 0.845. The summed E-state index contributed by atoms with van der Waals surface area (Å²) in [5, 5.41) is 0. The quantitative estimate of drug-likeness (QED) is 0.543. The second-order valence-electron chi connectivity index (χ2n) is 1.60. The van der Waals surface area contributed by atoms with Gasteiger partial charge in [0.1, 0.15) is 4.60 Å². The Morgan fingerprint density at radius 2 is 2.50 bits per heavy atom. The number of nitrogens with zero attached hydrogens (tertiary/aromatic N) is 1. The van der Waals surface area contributed by atoms with E-state index in [0.29, 0.717) is 0 Å². The molecule has 1 radical (unpaired) electrons. The highest BCUT2D eigenvalue weighted by Gasteiger charge is 1.84. The molecule has 0 saturated carbocycles. The first kappa shape index (κ1) is 5.76. The van der Waals surface area contributed by atoms with E-state index < -0.39 is 0 Å². The fourth-order valence-corrected chi connectivity index (χ4v) is 0.921. The largest absolute Gasteiger partial charge is 0.239 e. The van der Waals surface area contributed by atoms with E-state index in [0.717, 1.165) is 4.60 Å². The van der Waals surface area contributed by atoms with Crippen molar-refractivity contribution < 1.29 is 0 Å². The second-order valence-corrected chi connectivity index (χ2v) is 2.41. The third-order valence-corrected chi connectivity index (χ3v) is 1.22. The van der Waals surface area contributed by atoms with E-state index in [1.165, 1.54) is 5.56 Å². The van der Waals surface area contributed by atoms with Gasteiger partial charge in [-0.3, -0.25) is 0 Å². The number of hydrogen-bond donors (Lipinski definition) is 0. The lowest BCUT2D eigenvalue weighted by Gasteiger charge is -1.87. The van der Waals surface area contributed by atoms with Crippen LogP contribution in [0.2, 0.25) is 0 Å². The highest BCUT2D eigenvalue weighted by Crippen LogP contribution is 2.05. The van der Waals surface area contributed by atoms with Crippen molar-refractivity contribution in [1.29, 1.82) is 0 Å². The smallest absolute Gasteiger partial charge is 0.107 e. The summed E-state index contributed by atoms with van der Waals surface area (Å²) in [7, 11) is 0. The van der Waals surface area contributed by atoms with E-state index in [2.05, 4.69) is 27.1 Å². The van der Waals surface area contributed by atoms with Crippen LogP contribution in [0, 0.1) is 13.1 Å². The SMILES string of the molecule is Cc1c[c]nc(Br)c1. The molecule has 0 fully saturated rings. The predicted molar refractivity (Wildman–Crippen MR) is 35.5 cm³/mol. The number of rotatable bonds is 0. The normalized spacial score (nSPS) is 9.25. The number of halogens is 1. The van der Waals surface area contributed by atoms with Gasteiger partial charge >= 0.3 is 0 Å². The maximum absolute atomic E-state index is 3.83. The minimum atomic E-state index is 0.845. The van der Waals surface area contributed by atoms with Crippen molar-refractivity contribution in [1.82, 2.24) is 4.98 Å². The summed E-state index contributed by atoms with van der Waals surface area (Å²) in [5.74, 6) is 0. The van der Waals surface area contributed by atoms with Crippen LogP contribution in [0.1, 0.15) is 5.56 Å². The molecule has 8 heavy (non-hydrogen) atoms. The van der Waals surface area contributed by atoms with Crippen LogP contribution in [-0.2, 0) is 0 Å². The van der Waals surface area contributed by atoms with Gasteiger partial charge in [-0.1, -0.05) is 0 Å². The van der Waals surface area contributed by atoms with Gasteiger partial charge in [0.05, 0.1) is 6.20 Å². The Morgan fingerprint density at radius 3 is 2.88 bits per heavy atom. The molecule has 41 valence electrons. The van der Waals surface area contributed by atoms with Crippen LogP contribution in [0.4, 0.5) is 0 Å². The predicted octanol–water partition coefficient (Wildman–Crippen LogP) is 1.95. The molecule has 1 rings (SSSR count). The summed E-state index contributed by atoms with van der Waals surface area (Å²) in [6.45, 7) is 2.00. The molecule has 0 spiro atoms. The van der Waals surface area contributed by atoms with Crippen LogP contribution in [0.25, 0.3) is 0 Å². The highest BCUT2D eigenvalue weighted by atomic mass is 79.9. The maximum Gasteiger partial charge on any atom is 0.107 e. The molecule has 0 N–H and O–H groups in total. The van der Waals surface area contributed by atoms with Gasteiger partial charge in [0.25, 0.3) is 0 Å². The molecule has 0 aliphatic rings. The fraction of sp³-hybridized carbons (Fsp3) is 0.167. The van der Waals surface area contributed by atoms with E-state index in [4.69, 9.17) is 0 Å². The summed E-state index contributed by atoms with van der Waals surface area (Å²) in [4.78, 5) is 3.83. The molecule has 0 amide bonds. The molecule has 0 atom stereocenters. The first-order valence-electron chi connectivity index (χ1n) is 2.29. The number of aryl methyl sites for hydroxylation is 1. The average Bonchev–Trinajstić information content (AvgIpc) is 1.64. The lowest BCUT2D eigenvalue weighted by atomic mass is 10.3. The molecule has 0 unspecified atom stereocenters. The Bertz CT molecular complexity index is 168. The molecule has 0 aliphatic carbocycles. The molecule has 0 saturated heterocycles. The van der Waals surface area contributed by atoms with Crippen LogP contribution in [0.15, 0.2) is 16.7 Å². The van der Waals surface area contributed by atoms with Crippen LogP contribution in [0.3, 0.4) is 0 Å². The molecule has 1 aromatic rings. The van der Waals surface area contributed by atoms with Crippen molar-refractivity contribution >= 4 is 15.9 Å². The third-order valence-electron chi connectivity index (χ3n) is 0.810. The van der Waals surface area contributed by atoms with Gasteiger partial charge in [0.15, 0.2) is 0 Å². The van der Waals surface area contributed by atoms with Gasteiger partial charge in [-0.25, -0.2) is 4.98 Å². The fourth-order valence-electron chi connectivity index (χ4n) is 0.458. The van der Waals surface area contributed by atoms with Crippen LogP contribution in [0.5, 0.6) is 0 Å². The van der Waals surface area contributed by atoms with Crippen LogP contribution >= 0.6 is 15.9 Å². The van der Waals surface area contributed by atoms with Gasteiger partial charge in [0.2, 0.25) is 0 Å². The topological polar surface area (TPSA) is 12.9 Å². The standard InChI is InChI=1S/C6H5BrN/c1-5-2-3-8-6(7)4-5/h2,4H,1H3. The van der Waals surface area contributed by atoms with Crippen molar-refractivity contribution in [3.63, 3.8) is 0 Å². The number of aromatic nitrogens is 1. The average molecular weight is 171 g/mol. The zero-order chi connectivity index (χ0) is 5.98. The molecule has 1 nitrogen and oxygen atoms in total. The Morgan fingerprint density at radius 1 is 1.75 bits per heavy atom. The van der Waals surface area contributed by atoms with Crippen molar-refractivity contribution in [2.45, 2.75) is 6.92 Å². The summed E-state index contributed by atoms with van der Waals surface area (Å²) in [5.41, 5.74) is 1.17. The second kappa shape index (κ2) is 2.27. The van der Waals surface area contributed by atoms with Crippen molar-refractivity contribution in [2.24, 2.45) is 0 Å². The van der Waals surface area contributed by atoms with Gasteiger partial charge in [0, 0.05) is 0 Å². The molecule has 0 aromatic carbocycles. The van der Waals surface area contributed by atoms with Gasteiger partial charge < -0.3 is 0 Å². The first-order chi connectivity index (χ1) is 3.79. The lowest BCUT2D eigenvalue weighted by molar-refractivity contribution is 1.23. The molecule has 1 aromatic heterocycles. The Kier molecular flexibility index (Phi) is 1.63. The number of pyridine rings is 1. The molecular formula is C6H5BrN. The van der Waals surface area contributed by atoms with E-state index >= 15 is 0 Å². The molecule has 1 heterocycles. The Hall–Kier alpha value is -0.370. The van der Waals surface area contributed by atoms with Crippen LogP contribution in [-0.4, -0.2) is 4.98 Å². The number of hydrogen-bond acceptors (Lipinski definition) is 1. The van der Waals surface area contributed by atoms with Gasteiger partial charge in [-0.2, -0.15) is 0 Å². The monoisotopic (exact) mass is 170 g/mol. The van der Waals surface area contributed by atoms with E-state index in [9.17, 15) is 0 Å². The van der Waals surface area contributed by atoms with Gasteiger partial charge in [-0.15, -0.1) is 0 Å². The highest BCUT2D eigenvalue weighted by molar-refractivity contribution is 9.10. The maximum atomic E-state index is 3.83. The zero-order valence-electron chi connectivity index (χ0n) is 4.48. The molecular weight excluding hydrogens is 166 g/mol. The molecule has 0 aliphatic heterocycles. The van der Waals surface area contributed by atoms with E-state index in [-0.39, 0.29) is 0 Å². The molecule has 0 bridgehead atoms. The van der Waals surface area contributed by atoms with E-state index in [1.54, 1.807) is 0 Å². The van der Waals surface area contributed by atoms with Gasteiger partial charge in [-0.05, 0) is 40.5 Å². The van der Waals surface area contributed by atoms with Crippen molar-refractivity contribution in [3.8, 4) is 0 Å². The van der Waals surface area contributed by atoms with Crippen molar-refractivity contribution in [2.75, 3.05) is 0 Å². The Labute approximate surface area is 56.9 Å². The first-order valence-corrected chi connectivity index (χ1v) is 3.08. The summed E-state index contributed by atoms with van der Waals surface area (Å²) in [6.07, 6.45) is 2.73. The summed E-state index contributed by atoms with van der Waals surface area (Å²) < 4.78 is 0.845. The zero-order valence-corrected chi connectivity index (χ0v) is 6.07. The van der Waals surface area contributed by atoms with Crippen LogP contribution < -0.4 is 0 Å².